The Morgan fingerprint density at radius 1 is 0.977 bits per heavy atom. The molecule has 3 fully saturated rings. The molecule has 12 heteroatoms. The SMILES string of the molecule is O=C(O)c1ccc(Oc2ccc(CN3CCC(N4C(=O)N(C5CCS(=O)(=O)CC5)C[C@H]4c4cccc(Cl)c4)CC3)cn2)cc1. The summed E-state index contributed by atoms with van der Waals surface area (Å²) in [7, 11) is -3.02. The molecule has 1 N–H and O–H groups in total. The van der Waals surface area contributed by atoms with E-state index in [2.05, 4.69) is 9.88 Å². The van der Waals surface area contributed by atoms with Crippen molar-refractivity contribution in [3.63, 3.8) is 0 Å². The highest BCUT2D eigenvalue weighted by Crippen LogP contribution is 2.38. The molecular formula is C32H35ClN4O6S. The predicted octanol–water partition coefficient (Wildman–Crippen LogP) is 5.25. The molecule has 6 rings (SSSR count). The smallest absolute Gasteiger partial charge is 0.335 e. The quantitative estimate of drug-likeness (QED) is 0.355. The van der Waals surface area contributed by atoms with Crippen molar-refractivity contribution in [1.82, 2.24) is 19.7 Å². The van der Waals surface area contributed by atoms with Crippen LogP contribution in [0.1, 0.15) is 53.2 Å². The van der Waals surface area contributed by atoms with E-state index in [4.69, 9.17) is 21.4 Å². The summed E-state index contributed by atoms with van der Waals surface area (Å²) in [4.78, 5) is 35.7. The van der Waals surface area contributed by atoms with Crippen LogP contribution in [0.3, 0.4) is 0 Å². The maximum absolute atomic E-state index is 13.9. The van der Waals surface area contributed by atoms with Crippen molar-refractivity contribution in [2.75, 3.05) is 31.1 Å². The number of sulfone groups is 1. The third-order valence-corrected chi connectivity index (χ3v) is 10.8. The fraction of sp³-hybridized carbons (Fsp3) is 0.406. The molecule has 232 valence electrons. The van der Waals surface area contributed by atoms with Crippen LogP contribution in [0.5, 0.6) is 11.6 Å². The number of aromatic carboxylic acids is 1. The zero-order chi connectivity index (χ0) is 30.8. The summed E-state index contributed by atoms with van der Waals surface area (Å²) in [5.41, 5.74) is 2.24. The first-order chi connectivity index (χ1) is 21.1. The minimum Gasteiger partial charge on any atom is -0.478 e. The van der Waals surface area contributed by atoms with Gasteiger partial charge in [0, 0.05) is 55.5 Å². The highest BCUT2D eigenvalue weighted by Gasteiger charge is 2.46. The molecule has 0 aliphatic carbocycles. The maximum Gasteiger partial charge on any atom is 0.335 e. The standard InChI is InChI=1S/C32H35ClN4O6S/c33-25-3-1-2-24(18-25)29-21-36(26-12-16-44(41,42)17-13-26)32(40)37(29)27-10-14-35(15-11-27)20-22-4-9-30(34-19-22)43-28-7-5-23(6-8-28)31(38)39/h1-9,18-19,26-27,29H,10-17,20-21H2,(H,38,39)/t29-/m0/s1. The van der Waals surface area contributed by atoms with E-state index >= 15 is 0 Å². The van der Waals surface area contributed by atoms with E-state index in [1.165, 1.54) is 12.1 Å². The average Bonchev–Trinajstić information content (AvgIpc) is 3.35. The largest absolute Gasteiger partial charge is 0.478 e. The number of aromatic nitrogens is 1. The number of carbonyl (C=O) groups is 2. The predicted molar refractivity (Wildman–Crippen MR) is 166 cm³/mol. The van der Waals surface area contributed by atoms with Gasteiger partial charge in [-0.15, -0.1) is 0 Å². The van der Waals surface area contributed by atoms with Crippen LogP contribution in [0.2, 0.25) is 5.02 Å². The molecule has 3 aliphatic rings. The van der Waals surface area contributed by atoms with Gasteiger partial charge in [-0.05, 0) is 73.2 Å². The first kappa shape index (κ1) is 30.4. The molecular weight excluding hydrogens is 604 g/mol. The van der Waals surface area contributed by atoms with Crippen molar-refractivity contribution in [2.24, 2.45) is 0 Å². The van der Waals surface area contributed by atoms with Crippen LogP contribution < -0.4 is 4.74 Å². The number of carboxylic acid groups (broad SMARTS) is 1. The Hall–Kier alpha value is -3.67. The Morgan fingerprint density at radius 2 is 1.70 bits per heavy atom. The van der Waals surface area contributed by atoms with E-state index in [0.29, 0.717) is 36.0 Å². The number of hydrogen-bond donors (Lipinski definition) is 1. The van der Waals surface area contributed by atoms with Gasteiger partial charge in [-0.3, -0.25) is 4.90 Å². The van der Waals surface area contributed by atoms with Gasteiger partial charge in [-0.1, -0.05) is 29.8 Å². The second-order valence-corrected chi connectivity index (χ2v) is 14.5. The summed E-state index contributed by atoms with van der Waals surface area (Å²) < 4.78 is 29.9. The minimum absolute atomic E-state index is 0.00453. The van der Waals surface area contributed by atoms with Gasteiger partial charge in [0.15, 0.2) is 0 Å². The van der Waals surface area contributed by atoms with Gasteiger partial charge in [-0.25, -0.2) is 23.0 Å². The second-order valence-electron chi connectivity index (χ2n) is 11.7. The van der Waals surface area contributed by atoms with Crippen LogP contribution >= 0.6 is 11.6 Å². The summed E-state index contributed by atoms with van der Waals surface area (Å²) in [6.45, 7) is 2.91. The van der Waals surface area contributed by atoms with E-state index < -0.39 is 15.8 Å². The van der Waals surface area contributed by atoms with Crippen molar-refractivity contribution < 1.29 is 27.9 Å². The number of amides is 2. The van der Waals surface area contributed by atoms with Crippen molar-refractivity contribution in [1.29, 1.82) is 0 Å². The van der Waals surface area contributed by atoms with Crippen LogP contribution in [0.15, 0.2) is 66.9 Å². The van der Waals surface area contributed by atoms with Crippen molar-refractivity contribution in [3.05, 3.63) is 88.6 Å². The molecule has 0 radical (unpaired) electrons. The Labute approximate surface area is 262 Å². The molecule has 2 aromatic carbocycles. The number of hydrogen-bond acceptors (Lipinski definition) is 7. The monoisotopic (exact) mass is 638 g/mol. The van der Waals surface area contributed by atoms with Crippen LogP contribution in [0.25, 0.3) is 0 Å². The number of nitrogens with zero attached hydrogens (tertiary/aromatic N) is 4. The molecule has 0 spiro atoms. The average molecular weight is 639 g/mol. The molecule has 3 aromatic rings. The number of rotatable bonds is 8. The Bertz CT molecular complexity index is 1600. The normalized spacial score (nSPS) is 21.5. The molecule has 2 amide bonds. The minimum atomic E-state index is -3.02. The second kappa shape index (κ2) is 12.7. The number of halogens is 1. The van der Waals surface area contributed by atoms with Crippen LogP contribution in [0.4, 0.5) is 4.79 Å². The van der Waals surface area contributed by atoms with Gasteiger partial charge in [0.1, 0.15) is 15.6 Å². The maximum atomic E-state index is 13.9. The molecule has 0 unspecified atom stereocenters. The number of piperidine rings is 1. The van der Waals surface area contributed by atoms with Gasteiger partial charge in [0.25, 0.3) is 0 Å². The number of ether oxygens (including phenoxy) is 1. The van der Waals surface area contributed by atoms with Gasteiger partial charge in [-0.2, -0.15) is 0 Å². The highest BCUT2D eigenvalue weighted by atomic mass is 35.5. The fourth-order valence-corrected chi connectivity index (χ4v) is 8.15. The van der Waals surface area contributed by atoms with Crippen LogP contribution in [-0.4, -0.2) is 88.4 Å². The van der Waals surface area contributed by atoms with E-state index in [9.17, 15) is 18.0 Å². The summed E-state index contributed by atoms with van der Waals surface area (Å²) in [6, 6.07) is 17.5. The van der Waals surface area contributed by atoms with Gasteiger partial charge in [0.05, 0.1) is 23.1 Å². The summed E-state index contributed by atoms with van der Waals surface area (Å²) >= 11 is 6.35. The first-order valence-corrected chi connectivity index (χ1v) is 17.1. The molecule has 3 saturated heterocycles. The van der Waals surface area contributed by atoms with Crippen molar-refractivity contribution in [3.8, 4) is 11.6 Å². The topological polar surface area (TPSA) is 120 Å². The lowest BCUT2D eigenvalue weighted by atomic mass is 9.98. The zero-order valence-corrected chi connectivity index (χ0v) is 25.8. The lowest BCUT2D eigenvalue weighted by Crippen LogP contribution is -2.49. The Morgan fingerprint density at radius 3 is 2.34 bits per heavy atom. The van der Waals surface area contributed by atoms with Crippen LogP contribution in [0, 0.1) is 0 Å². The molecule has 1 aromatic heterocycles. The van der Waals surface area contributed by atoms with E-state index in [0.717, 1.165) is 43.6 Å². The van der Waals surface area contributed by atoms with Gasteiger partial charge < -0.3 is 19.6 Å². The summed E-state index contributed by atoms with van der Waals surface area (Å²) in [5.74, 6) is 0.205. The lowest BCUT2D eigenvalue weighted by Gasteiger charge is -2.39. The number of benzene rings is 2. The molecule has 10 nitrogen and oxygen atoms in total. The van der Waals surface area contributed by atoms with Crippen molar-refractivity contribution in [2.45, 2.75) is 50.4 Å². The van der Waals surface area contributed by atoms with Gasteiger partial charge >= 0.3 is 12.0 Å². The third kappa shape index (κ3) is 6.85. The summed E-state index contributed by atoms with van der Waals surface area (Å²) in [6.07, 6.45) is 4.41. The molecule has 1 atom stereocenters. The Kier molecular flexibility index (Phi) is 8.80. The van der Waals surface area contributed by atoms with E-state index in [1.54, 1.807) is 24.4 Å². The molecule has 0 saturated carbocycles. The molecule has 4 heterocycles. The molecule has 0 bridgehead atoms. The number of carbonyl (C=O) groups excluding carboxylic acids is 1. The number of likely N-dealkylation sites (tertiary alicyclic amines) is 1. The van der Waals surface area contributed by atoms with Gasteiger partial charge in [0.2, 0.25) is 5.88 Å². The first-order valence-electron chi connectivity index (χ1n) is 14.9. The fourth-order valence-electron chi connectivity index (χ4n) is 6.48. The Balaban J connectivity index is 1.08. The highest BCUT2D eigenvalue weighted by molar-refractivity contribution is 7.91. The summed E-state index contributed by atoms with van der Waals surface area (Å²) in [5, 5.41) is 9.69. The number of urea groups is 1. The third-order valence-electron chi connectivity index (χ3n) is 8.85. The zero-order valence-electron chi connectivity index (χ0n) is 24.2. The van der Waals surface area contributed by atoms with E-state index in [-0.39, 0.29) is 41.2 Å². The lowest BCUT2D eigenvalue weighted by molar-refractivity contribution is 0.0696. The van der Waals surface area contributed by atoms with E-state index in [1.807, 2.05) is 40.1 Å². The number of carboxylic acids is 1. The van der Waals surface area contributed by atoms with Crippen molar-refractivity contribution >= 4 is 33.4 Å². The molecule has 3 aliphatic heterocycles. The number of pyridine rings is 1. The van der Waals surface area contributed by atoms with Crippen LogP contribution in [-0.2, 0) is 16.4 Å². The molecule has 44 heavy (non-hydrogen) atoms.